The highest BCUT2D eigenvalue weighted by molar-refractivity contribution is 5.89. The summed E-state index contributed by atoms with van der Waals surface area (Å²) in [7, 11) is 0. The molecule has 5 heteroatoms. The average Bonchev–Trinajstić information content (AvgIpc) is 3.56. The molecule has 31 heavy (non-hydrogen) atoms. The topological polar surface area (TPSA) is 59.5 Å². The number of aromatic carboxylic acids is 1. The van der Waals surface area contributed by atoms with Crippen LogP contribution in [0.25, 0.3) is 15.7 Å². The van der Waals surface area contributed by atoms with Gasteiger partial charge in [-0.15, -0.1) is 0 Å². The fourth-order valence-electron chi connectivity index (χ4n) is 4.10. The second-order valence-corrected chi connectivity index (χ2v) is 8.10. The lowest BCUT2D eigenvalue weighted by Crippen LogP contribution is -2.07. The van der Waals surface area contributed by atoms with Crippen molar-refractivity contribution in [3.05, 3.63) is 106 Å². The van der Waals surface area contributed by atoms with Gasteiger partial charge >= 0.3 is 5.97 Å². The summed E-state index contributed by atoms with van der Waals surface area (Å²) in [6.45, 7) is 8.00. The van der Waals surface area contributed by atoms with Crippen LogP contribution in [0.1, 0.15) is 51.5 Å². The predicted octanol–water partition coefficient (Wildman–Crippen LogP) is 5.80. The molecule has 4 aromatic rings. The first-order chi connectivity index (χ1) is 15.1. The van der Waals surface area contributed by atoms with E-state index in [9.17, 15) is 9.90 Å². The molecule has 0 saturated heterocycles. The molecule has 2 aromatic carbocycles. The highest BCUT2D eigenvalue weighted by Gasteiger charge is 2.25. The van der Waals surface area contributed by atoms with Gasteiger partial charge in [-0.2, -0.15) is 0 Å². The van der Waals surface area contributed by atoms with E-state index in [1.165, 1.54) is 0 Å². The number of pyridine rings is 1. The first kappa shape index (κ1) is 19.1. The van der Waals surface area contributed by atoms with Crippen LogP contribution in [0.4, 0.5) is 5.69 Å². The van der Waals surface area contributed by atoms with Crippen LogP contribution in [-0.4, -0.2) is 20.6 Å². The number of hydrogen-bond donors (Lipinski definition) is 1. The molecule has 0 unspecified atom stereocenters. The summed E-state index contributed by atoms with van der Waals surface area (Å²) in [5.74, 6) is -0.445. The Morgan fingerprint density at radius 1 is 1.16 bits per heavy atom. The lowest BCUT2D eigenvalue weighted by molar-refractivity contribution is 0.0695. The van der Waals surface area contributed by atoms with Gasteiger partial charge in [0.25, 0.3) is 0 Å². The van der Waals surface area contributed by atoms with Gasteiger partial charge in [-0.05, 0) is 65.1 Å². The fraction of sp³-hybridized carbons (Fsp3) is 0.192. The maximum absolute atomic E-state index is 11.8. The molecule has 0 spiro atoms. The number of hydrogen-bond acceptors (Lipinski definition) is 2. The number of nitrogens with zero attached hydrogens (tertiary/aromatic N) is 3. The smallest absolute Gasteiger partial charge is 0.337 e. The molecular weight excluding hydrogens is 386 g/mol. The Hall–Kier alpha value is -3.91. The van der Waals surface area contributed by atoms with Crippen molar-refractivity contribution < 1.29 is 9.90 Å². The Balaban J connectivity index is 1.43. The summed E-state index contributed by atoms with van der Waals surface area (Å²) in [5.41, 5.74) is 5.71. The van der Waals surface area contributed by atoms with Gasteiger partial charge in [-0.1, -0.05) is 30.3 Å². The SMILES string of the molecule is [C-]#[N+]c1ccccc1Cn1ccc2cc(Cc3ncc(C4CC4)cc3C(=O)O)ccc21. The minimum Gasteiger partial charge on any atom is -0.478 e. The second kappa shape index (κ2) is 7.73. The first-order valence-corrected chi connectivity index (χ1v) is 10.4. The maximum atomic E-state index is 11.8. The number of fused-ring (bicyclic) bond motifs is 1. The van der Waals surface area contributed by atoms with E-state index < -0.39 is 5.97 Å². The molecule has 5 rings (SSSR count). The van der Waals surface area contributed by atoms with Crippen molar-refractivity contribution in [3.8, 4) is 0 Å². The van der Waals surface area contributed by atoms with Crippen molar-refractivity contribution in [1.29, 1.82) is 0 Å². The molecule has 5 nitrogen and oxygen atoms in total. The second-order valence-electron chi connectivity index (χ2n) is 8.10. The Labute approximate surface area is 180 Å². The molecule has 1 aliphatic carbocycles. The lowest BCUT2D eigenvalue weighted by Gasteiger charge is -2.10. The average molecular weight is 407 g/mol. The molecule has 152 valence electrons. The Morgan fingerprint density at radius 3 is 2.77 bits per heavy atom. The third kappa shape index (κ3) is 3.80. The molecule has 0 radical (unpaired) electrons. The minimum atomic E-state index is -0.921. The van der Waals surface area contributed by atoms with Crippen LogP contribution in [0.2, 0.25) is 0 Å². The van der Waals surface area contributed by atoms with E-state index in [0.29, 0.717) is 35.8 Å². The number of aromatic nitrogens is 2. The highest BCUT2D eigenvalue weighted by Crippen LogP contribution is 2.40. The predicted molar refractivity (Wildman–Crippen MR) is 120 cm³/mol. The van der Waals surface area contributed by atoms with Crippen LogP contribution >= 0.6 is 0 Å². The van der Waals surface area contributed by atoms with Crippen molar-refractivity contribution in [1.82, 2.24) is 9.55 Å². The Kier molecular flexibility index (Phi) is 4.76. The van der Waals surface area contributed by atoms with E-state index in [1.807, 2.05) is 42.7 Å². The molecule has 0 bridgehead atoms. The molecular formula is C26H21N3O2. The van der Waals surface area contributed by atoms with Gasteiger partial charge in [0, 0.05) is 30.9 Å². The third-order valence-corrected chi connectivity index (χ3v) is 5.93. The number of para-hydroxylation sites is 1. The number of rotatable bonds is 6. The quantitative estimate of drug-likeness (QED) is 0.411. The summed E-state index contributed by atoms with van der Waals surface area (Å²) >= 11 is 0. The lowest BCUT2D eigenvalue weighted by atomic mass is 10.0. The standard InChI is InChI=1S/C26H21N3O2/c1-27-23-5-3-2-4-20(23)16-29-11-10-19-12-17(6-9-25(19)29)13-24-22(26(30)31)14-21(15-28-24)18-7-8-18/h2-6,9-12,14-15,18H,7-8,13,16H2,(H,30,31). The largest absolute Gasteiger partial charge is 0.478 e. The van der Waals surface area contributed by atoms with Crippen molar-refractivity contribution in [2.75, 3.05) is 0 Å². The molecule has 2 heterocycles. The molecule has 0 aliphatic heterocycles. The molecule has 0 atom stereocenters. The number of carboxylic acid groups (broad SMARTS) is 1. The highest BCUT2D eigenvalue weighted by atomic mass is 16.4. The number of benzene rings is 2. The third-order valence-electron chi connectivity index (χ3n) is 5.93. The first-order valence-electron chi connectivity index (χ1n) is 10.4. The van der Waals surface area contributed by atoms with Crippen molar-refractivity contribution >= 4 is 22.6 Å². The van der Waals surface area contributed by atoms with Crippen LogP contribution in [0.5, 0.6) is 0 Å². The number of carboxylic acids is 1. The van der Waals surface area contributed by atoms with Crippen molar-refractivity contribution in [2.24, 2.45) is 0 Å². The van der Waals surface area contributed by atoms with Gasteiger partial charge in [0.05, 0.1) is 17.8 Å². The minimum absolute atomic E-state index is 0.304. The van der Waals surface area contributed by atoms with Crippen molar-refractivity contribution in [2.45, 2.75) is 31.7 Å². The fourth-order valence-corrected chi connectivity index (χ4v) is 4.10. The van der Waals surface area contributed by atoms with Gasteiger partial charge in [0.1, 0.15) is 0 Å². The van der Waals surface area contributed by atoms with Crippen LogP contribution in [-0.2, 0) is 13.0 Å². The zero-order valence-electron chi connectivity index (χ0n) is 17.0. The monoisotopic (exact) mass is 407 g/mol. The molecule has 0 amide bonds. The van der Waals surface area contributed by atoms with Gasteiger partial charge in [-0.3, -0.25) is 4.98 Å². The summed E-state index contributed by atoms with van der Waals surface area (Å²) < 4.78 is 2.13. The van der Waals surface area contributed by atoms with Gasteiger partial charge < -0.3 is 9.67 Å². The van der Waals surface area contributed by atoms with Gasteiger partial charge in [0.2, 0.25) is 0 Å². The van der Waals surface area contributed by atoms with Crippen molar-refractivity contribution in [3.63, 3.8) is 0 Å². The van der Waals surface area contributed by atoms with Crippen LogP contribution in [0, 0.1) is 6.57 Å². The Bertz CT molecular complexity index is 1340. The summed E-state index contributed by atoms with van der Waals surface area (Å²) in [6, 6.07) is 17.7. The van der Waals surface area contributed by atoms with E-state index in [-0.39, 0.29) is 0 Å². The zero-order chi connectivity index (χ0) is 21.4. The summed E-state index contributed by atoms with van der Waals surface area (Å²) in [6.07, 6.45) is 6.58. The van der Waals surface area contributed by atoms with Gasteiger partial charge in [0.15, 0.2) is 5.69 Å². The molecule has 1 aliphatic rings. The Morgan fingerprint density at radius 2 is 2.00 bits per heavy atom. The van der Waals surface area contributed by atoms with E-state index >= 15 is 0 Å². The van der Waals surface area contributed by atoms with Crippen LogP contribution in [0.15, 0.2) is 67.0 Å². The number of carbonyl (C=O) groups is 1. The summed E-state index contributed by atoms with van der Waals surface area (Å²) in [5, 5.41) is 10.8. The van der Waals surface area contributed by atoms with Crippen LogP contribution < -0.4 is 0 Å². The summed E-state index contributed by atoms with van der Waals surface area (Å²) in [4.78, 5) is 19.9. The van der Waals surface area contributed by atoms with E-state index in [1.54, 1.807) is 6.07 Å². The van der Waals surface area contributed by atoms with Gasteiger partial charge in [-0.25, -0.2) is 9.64 Å². The molecule has 2 aromatic heterocycles. The molecule has 1 fully saturated rings. The van der Waals surface area contributed by atoms with Crippen LogP contribution in [0.3, 0.4) is 0 Å². The molecule has 1 N–H and O–H groups in total. The van der Waals surface area contributed by atoms with E-state index in [2.05, 4.69) is 32.6 Å². The molecule has 1 saturated carbocycles. The van der Waals surface area contributed by atoms with E-state index in [0.717, 1.165) is 40.4 Å². The van der Waals surface area contributed by atoms with E-state index in [4.69, 9.17) is 6.57 Å². The maximum Gasteiger partial charge on any atom is 0.337 e. The normalized spacial score (nSPS) is 13.3. The zero-order valence-corrected chi connectivity index (χ0v) is 17.0.